The van der Waals surface area contributed by atoms with Gasteiger partial charge in [-0.1, -0.05) is 84.2 Å². The van der Waals surface area contributed by atoms with Gasteiger partial charge in [-0.3, -0.25) is 4.90 Å². The summed E-state index contributed by atoms with van der Waals surface area (Å²) >= 11 is 10.7. The number of carbonyl (C=O) groups excluding carboxylic acids is 1. The number of morpholine rings is 1. The van der Waals surface area contributed by atoms with E-state index in [-0.39, 0.29) is 0 Å². The second-order valence-corrected chi connectivity index (χ2v) is 12.1. The van der Waals surface area contributed by atoms with E-state index in [1.165, 1.54) is 29.7 Å². The molecule has 0 aromatic heterocycles. The van der Waals surface area contributed by atoms with Gasteiger partial charge in [0.25, 0.3) is 0 Å². The average molecular weight is 697 g/mol. The Balaban J connectivity index is 0.00000121. The fraction of sp³-hybridized carbons (Fsp3) is 0.345. The first-order valence-corrected chi connectivity index (χ1v) is 14.7. The molecule has 8 heteroatoms. The molecular formula is C29H33Br3N2O3. The van der Waals surface area contributed by atoms with Crippen molar-refractivity contribution in [3.05, 3.63) is 103 Å². The van der Waals surface area contributed by atoms with E-state index in [1.54, 1.807) is 0 Å². The topological polar surface area (TPSA) is 52.6 Å². The maximum atomic E-state index is 8.25. The van der Waals surface area contributed by atoms with Crippen molar-refractivity contribution in [1.29, 1.82) is 0 Å². The first-order chi connectivity index (χ1) is 17.9. The van der Waals surface area contributed by atoms with Gasteiger partial charge in [-0.25, -0.2) is 0 Å². The van der Waals surface area contributed by atoms with Gasteiger partial charge in [-0.15, -0.1) is 0 Å². The molecule has 5 nitrogen and oxygen atoms in total. The number of benzene rings is 3. The van der Waals surface area contributed by atoms with E-state index in [2.05, 4.69) is 125 Å². The zero-order chi connectivity index (χ0) is 26.5. The highest BCUT2D eigenvalue weighted by atomic mass is 79.9. The van der Waals surface area contributed by atoms with Gasteiger partial charge in [0.05, 0.1) is 19.8 Å². The summed E-state index contributed by atoms with van der Waals surface area (Å²) in [5.41, 5.74) is 4.11. The zero-order valence-corrected chi connectivity index (χ0v) is 25.6. The number of rotatable bonds is 10. The summed E-state index contributed by atoms with van der Waals surface area (Å²) in [6.07, 6.45) is 1.17. The van der Waals surface area contributed by atoms with Gasteiger partial charge in [0.2, 0.25) is 0 Å². The summed E-state index contributed by atoms with van der Waals surface area (Å²) in [5, 5.41) is 8.25. The Morgan fingerprint density at radius 2 is 1.16 bits per heavy atom. The molecule has 0 aliphatic carbocycles. The van der Waals surface area contributed by atoms with E-state index in [0.717, 1.165) is 70.4 Å². The molecule has 1 saturated heterocycles. The van der Waals surface area contributed by atoms with Gasteiger partial charge in [0, 0.05) is 51.5 Å². The normalized spacial score (nSPS) is 14.6. The monoisotopic (exact) mass is 694 g/mol. The number of halogens is 3. The van der Waals surface area contributed by atoms with Crippen LogP contribution in [-0.4, -0.2) is 55.2 Å². The van der Waals surface area contributed by atoms with Gasteiger partial charge >= 0.3 is 0 Å². The Hall–Kier alpha value is -1.55. The van der Waals surface area contributed by atoms with Gasteiger partial charge in [-0.05, 0) is 47.5 Å². The second kappa shape index (κ2) is 15.8. The van der Waals surface area contributed by atoms with E-state index < -0.39 is 6.47 Å². The maximum absolute atomic E-state index is 8.25. The Labute approximate surface area is 245 Å². The highest BCUT2D eigenvalue weighted by molar-refractivity contribution is 9.11. The van der Waals surface area contributed by atoms with Gasteiger partial charge < -0.3 is 19.1 Å². The lowest BCUT2D eigenvalue weighted by Gasteiger charge is -2.42. The number of carboxylic acid groups (broad SMARTS) is 1. The molecule has 0 unspecified atom stereocenters. The number of hydrogen-bond donors (Lipinski definition) is 0. The Morgan fingerprint density at radius 3 is 1.59 bits per heavy atom. The number of nitrogens with zero attached hydrogens (tertiary/aromatic N) is 2. The van der Waals surface area contributed by atoms with Crippen molar-refractivity contribution in [2.75, 3.05) is 39.4 Å². The molecule has 198 valence electrons. The third kappa shape index (κ3) is 10.6. The summed E-state index contributed by atoms with van der Waals surface area (Å²) in [7, 11) is 0. The summed E-state index contributed by atoms with van der Waals surface area (Å²) in [6.45, 7) is 8.65. The van der Waals surface area contributed by atoms with Crippen LogP contribution < -0.4 is 5.11 Å². The van der Waals surface area contributed by atoms with E-state index in [0.29, 0.717) is 0 Å². The first kappa shape index (κ1) is 30.0. The lowest BCUT2D eigenvalue weighted by molar-refractivity contribution is -0.947. The van der Waals surface area contributed by atoms with Crippen LogP contribution in [-0.2, 0) is 29.2 Å². The zero-order valence-electron chi connectivity index (χ0n) is 20.8. The molecule has 1 aliphatic heterocycles. The molecule has 37 heavy (non-hydrogen) atoms. The van der Waals surface area contributed by atoms with Gasteiger partial charge in [-0.2, -0.15) is 0 Å². The minimum atomic E-state index is -0.500. The van der Waals surface area contributed by atoms with Crippen LogP contribution in [0.1, 0.15) is 23.1 Å². The minimum absolute atomic E-state index is 0.500. The molecule has 0 bridgehead atoms. The van der Waals surface area contributed by atoms with Crippen molar-refractivity contribution in [1.82, 2.24) is 4.90 Å². The van der Waals surface area contributed by atoms with E-state index in [4.69, 9.17) is 14.6 Å². The van der Waals surface area contributed by atoms with Crippen LogP contribution in [0.4, 0.5) is 0 Å². The lowest BCUT2D eigenvalue weighted by Crippen LogP contribution is -2.55. The highest BCUT2D eigenvalue weighted by Crippen LogP contribution is 2.22. The third-order valence-electron chi connectivity index (χ3n) is 6.60. The van der Waals surface area contributed by atoms with E-state index in [1.807, 2.05) is 0 Å². The van der Waals surface area contributed by atoms with Crippen LogP contribution in [0, 0.1) is 0 Å². The minimum Gasteiger partial charge on any atom is -0.554 e. The third-order valence-corrected chi connectivity index (χ3v) is 8.18. The van der Waals surface area contributed by atoms with Crippen LogP contribution in [0.5, 0.6) is 0 Å². The number of quaternary nitrogens is 1. The predicted molar refractivity (Wildman–Crippen MR) is 157 cm³/mol. The van der Waals surface area contributed by atoms with Gasteiger partial charge in [0.1, 0.15) is 19.6 Å². The molecule has 0 saturated carbocycles. The lowest BCUT2D eigenvalue weighted by atomic mass is 10.1. The average Bonchev–Trinajstić information content (AvgIpc) is 2.89. The Bertz CT molecular complexity index is 1020. The fourth-order valence-electron chi connectivity index (χ4n) is 4.71. The molecule has 0 amide bonds. The van der Waals surface area contributed by atoms with Crippen molar-refractivity contribution >= 4 is 54.3 Å². The fourth-order valence-corrected chi connectivity index (χ4v) is 5.50. The molecule has 1 fully saturated rings. The van der Waals surface area contributed by atoms with Crippen molar-refractivity contribution < 1.29 is 19.1 Å². The van der Waals surface area contributed by atoms with Crippen LogP contribution in [0.3, 0.4) is 0 Å². The molecule has 4 rings (SSSR count). The van der Waals surface area contributed by atoms with Crippen LogP contribution >= 0.6 is 47.8 Å². The largest absolute Gasteiger partial charge is 0.554 e. The summed E-state index contributed by atoms with van der Waals surface area (Å²) < 4.78 is 10.3. The maximum Gasteiger partial charge on any atom is 0.104 e. The molecule has 0 spiro atoms. The Morgan fingerprint density at radius 1 is 0.757 bits per heavy atom. The molecule has 3 aromatic carbocycles. The standard InChI is InChI=1S/C28H32Br3N2O.CH2O2/c29-26-8-2-23(3-9-26)20-32(21-24-4-10-27(30)11-5-24)14-1-15-33(16-18-34-19-17-33)22-25-6-12-28(31)13-7-25;2-1-3/h2-13H,1,14-22H2;1H,(H,2,3)/q+1;/p-1. The summed E-state index contributed by atoms with van der Waals surface area (Å²) in [4.78, 5) is 10.8. The van der Waals surface area contributed by atoms with Crippen LogP contribution in [0.15, 0.2) is 86.2 Å². The molecule has 0 atom stereocenters. The van der Waals surface area contributed by atoms with Crippen LogP contribution in [0.25, 0.3) is 0 Å². The molecule has 0 radical (unpaired) electrons. The molecule has 0 N–H and O–H groups in total. The number of carbonyl (C=O) groups is 1. The van der Waals surface area contributed by atoms with E-state index >= 15 is 0 Å². The second-order valence-electron chi connectivity index (χ2n) is 9.32. The highest BCUT2D eigenvalue weighted by Gasteiger charge is 2.30. The molecular weight excluding hydrogens is 664 g/mol. The Kier molecular flexibility index (Phi) is 12.8. The van der Waals surface area contributed by atoms with Gasteiger partial charge in [0.15, 0.2) is 0 Å². The molecule has 1 aliphatic rings. The predicted octanol–water partition coefficient (Wildman–Crippen LogP) is 5.78. The smallest absolute Gasteiger partial charge is 0.104 e. The summed E-state index contributed by atoms with van der Waals surface area (Å²) in [6, 6.07) is 26.3. The quantitative estimate of drug-likeness (QED) is 0.199. The van der Waals surface area contributed by atoms with Crippen molar-refractivity contribution in [2.24, 2.45) is 0 Å². The summed E-state index contributed by atoms with van der Waals surface area (Å²) in [5.74, 6) is 0. The number of hydrogen-bond acceptors (Lipinski definition) is 4. The van der Waals surface area contributed by atoms with Crippen molar-refractivity contribution in [2.45, 2.75) is 26.1 Å². The molecule has 3 aromatic rings. The van der Waals surface area contributed by atoms with E-state index in [9.17, 15) is 0 Å². The van der Waals surface area contributed by atoms with Crippen molar-refractivity contribution in [3.63, 3.8) is 0 Å². The first-order valence-electron chi connectivity index (χ1n) is 12.4. The molecule has 1 heterocycles. The SMILES string of the molecule is Brc1ccc(CN(CCC[N+]2(Cc3ccc(Br)cc3)CCOCC2)Cc2ccc(Br)cc2)cc1.O=C[O-]. The van der Waals surface area contributed by atoms with Crippen molar-refractivity contribution in [3.8, 4) is 0 Å². The van der Waals surface area contributed by atoms with Crippen LogP contribution in [0.2, 0.25) is 0 Å². The number of ether oxygens (including phenoxy) is 1.